The van der Waals surface area contributed by atoms with Gasteiger partial charge in [0.2, 0.25) is 0 Å². The Labute approximate surface area is 216 Å². The van der Waals surface area contributed by atoms with Gasteiger partial charge in [-0.25, -0.2) is 4.79 Å². The van der Waals surface area contributed by atoms with Crippen molar-refractivity contribution in [2.75, 3.05) is 6.61 Å². The molecule has 3 atom stereocenters. The van der Waals surface area contributed by atoms with Gasteiger partial charge in [0, 0.05) is 17.4 Å². The van der Waals surface area contributed by atoms with Crippen molar-refractivity contribution in [2.24, 2.45) is 0 Å². The number of esters is 1. The summed E-state index contributed by atoms with van der Waals surface area (Å²) in [4.78, 5) is 16.0. The van der Waals surface area contributed by atoms with Gasteiger partial charge < -0.3 is 9.30 Å². The molecule has 1 saturated heterocycles. The third kappa shape index (κ3) is 3.09. The molecule has 3 heterocycles. The average Bonchev–Trinajstić information content (AvgIpc) is 3.36. The average molecular weight is 485 g/mol. The Hall–Kier alpha value is -4.15. The van der Waals surface area contributed by atoms with Crippen LogP contribution in [0.2, 0.25) is 0 Å². The van der Waals surface area contributed by atoms with Crippen molar-refractivity contribution in [2.45, 2.75) is 31.1 Å². The second-order valence-corrected chi connectivity index (χ2v) is 9.84. The summed E-state index contributed by atoms with van der Waals surface area (Å²) in [5, 5.41) is 0.978. The summed E-state index contributed by atoms with van der Waals surface area (Å²) >= 11 is 0. The number of carbonyl (C=O) groups excluding carboxylic acids is 1. The molecule has 2 aliphatic heterocycles. The van der Waals surface area contributed by atoms with E-state index in [-0.39, 0.29) is 18.1 Å². The third-order valence-electron chi connectivity index (χ3n) is 8.03. The van der Waals surface area contributed by atoms with Crippen molar-refractivity contribution in [3.8, 4) is 0 Å². The fourth-order valence-electron chi connectivity index (χ4n) is 6.66. The van der Waals surface area contributed by atoms with Crippen molar-refractivity contribution < 1.29 is 9.53 Å². The normalized spacial score (nSPS) is 19.9. The highest BCUT2D eigenvalue weighted by molar-refractivity contribution is 6.06. The number of carbonyl (C=O) groups is 1. The van der Waals surface area contributed by atoms with Crippen LogP contribution in [0.25, 0.3) is 10.9 Å². The van der Waals surface area contributed by atoms with E-state index >= 15 is 0 Å². The van der Waals surface area contributed by atoms with E-state index in [2.05, 4.69) is 113 Å². The van der Waals surface area contributed by atoms with Crippen LogP contribution in [0.15, 0.2) is 115 Å². The van der Waals surface area contributed by atoms with Crippen LogP contribution in [0.5, 0.6) is 0 Å². The van der Waals surface area contributed by atoms with Crippen molar-refractivity contribution in [3.63, 3.8) is 0 Å². The zero-order chi connectivity index (χ0) is 25.0. The molecular formula is C33H28N2O2. The van der Waals surface area contributed by atoms with Gasteiger partial charge in [-0.15, -0.1) is 0 Å². The summed E-state index contributed by atoms with van der Waals surface area (Å²) in [7, 11) is 0. The first-order valence-corrected chi connectivity index (χ1v) is 13.0. The molecule has 37 heavy (non-hydrogen) atoms. The standard InChI is InChI=1S/C33H28N2O2/c1-2-37-32(36)29-26-20-12-13-21-27(26)34-22-28-30(31(29)34)35(28)33(23-14-6-3-7-15-23,24-16-8-4-9-17-24)25-18-10-5-11-19-25/h3-21,28,30H,2,22H2,1H3/t28-,30-,35?/m0/s1. The predicted octanol–water partition coefficient (Wildman–Crippen LogP) is 6.55. The van der Waals surface area contributed by atoms with E-state index in [9.17, 15) is 4.79 Å². The minimum absolute atomic E-state index is 0.104. The Balaban J connectivity index is 1.48. The minimum Gasteiger partial charge on any atom is -0.462 e. The summed E-state index contributed by atoms with van der Waals surface area (Å²) in [5.41, 5.74) is 6.09. The molecule has 4 nitrogen and oxygen atoms in total. The number of rotatable bonds is 6. The van der Waals surface area contributed by atoms with E-state index in [0.29, 0.717) is 6.61 Å². The van der Waals surface area contributed by atoms with Gasteiger partial charge in [0.1, 0.15) is 0 Å². The molecule has 0 amide bonds. The summed E-state index contributed by atoms with van der Waals surface area (Å²) in [6, 6.07) is 40.9. The molecule has 0 N–H and O–H groups in total. The Morgan fingerprint density at radius 1 is 0.784 bits per heavy atom. The fourth-order valence-corrected chi connectivity index (χ4v) is 6.66. The number of benzene rings is 4. The summed E-state index contributed by atoms with van der Waals surface area (Å²) in [6.07, 6.45) is 0. The van der Waals surface area contributed by atoms with Crippen LogP contribution in [-0.4, -0.2) is 28.1 Å². The van der Waals surface area contributed by atoms with Gasteiger partial charge in [0.05, 0.1) is 35.5 Å². The van der Waals surface area contributed by atoms with Crippen LogP contribution < -0.4 is 0 Å². The van der Waals surface area contributed by atoms with Gasteiger partial charge in [-0.05, 0) is 29.7 Å². The monoisotopic (exact) mass is 484 g/mol. The molecule has 0 saturated carbocycles. The highest BCUT2D eigenvalue weighted by Crippen LogP contribution is 2.62. The van der Waals surface area contributed by atoms with E-state index in [1.165, 1.54) is 16.7 Å². The van der Waals surface area contributed by atoms with Gasteiger partial charge >= 0.3 is 5.97 Å². The SMILES string of the molecule is CCOC(=O)c1c2n(c3ccccc13)C[C@H]1[C@@H]2N1C(c1ccccc1)(c1ccccc1)c1ccccc1. The summed E-state index contributed by atoms with van der Waals surface area (Å²) in [5.74, 6) is -0.232. The van der Waals surface area contributed by atoms with Crippen LogP contribution in [0, 0.1) is 0 Å². The lowest BCUT2D eigenvalue weighted by molar-refractivity contribution is 0.0526. The molecule has 4 heteroatoms. The topological polar surface area (TPSA) is 34.2 Å². The molecule has 1 unspecified atom stereocenters. The molecule has 7 rings (SSSR count). The maximum Gasteiger partial charge on any atom is 0.340 e. The maximum absolute atomic E-state index is 13.4. The van der Waals surface area contributed by atoms with Crippen LogP contribution in [0.4, 0.5) is 0 Å². The van der Waals surface area contributed by atoms with Crippen LogP contribution in [-0.2, 0) is 16.8 Å². The predicted molar refractivity (Wildman–Crippen MR) is 145 cm³/mol. The lowest BCUT2D eigenvalue weighted by atomic mass is 9.76. The zero-order valence-corrected chi connectivity index (χ0v) is 20.7. The molecule has 4 aromatic carbocycles. The number of ether oxygens (including phenoxy) is 1. The summed E-state index contributed by atoms with van der Waals surface area (Å²) < 4.78 is 7.94. The number of fused-ring (bicyclic) bond motifs is 5. The van der Waals surface area contributed by atoms with Crippen LogP contribution in [0.1, 0.15) is 45.7 Å². The van der Waals surface area contributed by atoms with Gasteiger partial charge in [-0.3, -0.25) is 4.90 Å². The fraction of sp³-hybridized carbons (Fsp3) is 0.182. The minimum atomic E-state index is -0.493. The van der Waals surface area contributed by atoms with E-state index in [0.717, 1.165) is 28.7 Å². The highest BCUT2D eigenvalue weighted by Gasteiger charge is 2.65. The Morgan fingerprint density at radius 3 is 1.84 bits per heavy atom. The van der Waals surface area contributed by atoms with Crippen molar-refractivity contribution in [1.29, 1.82) is 0 Å². The van der Waals surface area contributed by atoms with Gasteiger partial charge in [0.15, 0.2) is 0 Å². The van der Waals surface area contributed by atoms with Crippen LogP contribution >= 0.6 is 0 Å². The number of para-hydroxylation sites is 1. The highest BCUT2D eigenvalue weighted by atomic mass is 16.5. The quantitative estimate of drug-likeness (QED) is 0.156. The molecule has 182 valence electrons. The summed E-state index contributed by atoms with van der Waals surface area (Å²) in [6.45, 7) is 3.07. The first-order chi connectivity index (χ1) is 18.3. The molecule has 1 fully saturated rings. The zero-order valence-electron chi connectivity index (χ0n) is 20.7. The lowest BCUT2D eigenvalue weighted by Crippen LogP contribution is -2.40. The first kappa shape index (κ1) is 22.1. The Morgan fingerprint density at radius 2 is 1.30 bits per heavy atom. The van der Waals surface area contributed by atoms with E-state index in [1.54, 1.807) is 0 Å². The lowest BCUT2D eigenvalue weighted by Gasteiger charge is -2.39. The first-order valence-electron chi connectivity index (χ1n) is 13.0. The third-order valence-corrected chi connectivity index (χ3v) is 8.03. The molecular weight excluding hydrogens is 456 g/mol. The molecule has 1 aromatic heterocycles. The number of hydrogen-bond donors (Lipinski definition) is 0. The number of aromatic nitrogens is 1. The molecule has 0 spiro atoms. The van der Waals surface area contributed by atoms with E-state index < -0.39 is 5.54 Å². The van der Waals surface area contributed by atoms with Gasteiger partial charge in [-0.2, -0.15) is 0 Å². The molecule has 0 bridgehead atoms. The second kappa shape index (κ2) is 8.46. The molecule has 0 radical (unpaired) electrons. The number of nitrogens with zero attached hydrogens (tertiary/aromatic N) is 2. The van der Waals surface area contributed by atoms with Crippen molar-refractivity contribution in [3.05, 3.63) is 143 Å². The smallest absolute Gasteiger partial charge is 0.340 e. The Bertz CT molecular complexity index is 1490. The van der Waals surface area contributed by atoms with Gasteiger partial charge in [-0.1, -0.05) is 109 Å². The van der Waals surface area contributed by atoms with Crippen molar-refractivity contribution in [1.82, 2.24) is 9.47 Å². The van der Waals surface area contributed by atoms with Crippen LogP contribution in [0.3, 0.4) is 0 Å². The molecule has 5 aromatic rings. The largest absolute Gasteiger partial charge is 0.462 e. The number of hydrogen-bond acceptors (Lipinski definition) is 3. The maximum atomic E-state index is 13.4. The second-order valence-electron chi connectivity index (χ2n) is 9.84. The van der Waals surface area contributed by atoms with Gasteiger partial charge in [0.25, 0.3) is 0 Å². The van der Waals surface area contributed by atoms with E-state index in [4.69, 9.17) is 4.74 Å². The Kier molecular flexibility index (Phi) is 5.05. The molecule has 0 aliphatic carbocycles. The van der Waals surface area contributed by atoms with Crippen molar-refractivity contribution >= 4 is 16.9 Å². The van der Waals surface area contributed by atoms with E-state index in [1.807, 2.05) is 19.1 Å². The molecule has 2 aliphatic rings.